The number of nitrogens with one attached hydrogen (secondary N) is 2. The van der Waals surface area contributed by atoms with E-state index in [4.69, 9.17) is 9.47 Å². The molecule has 13 nitrogen and oxygen atoms in total. The lowest BCUT2D eigenvalue weighted by molar-refractivity contribution is -0.140. The molecule has 0 radical (unpaired) electrons. The van der Waals surface area contributed by atoms with E-state index >= 15 is 0 Å². The number of sulfonamides is 1. The molecule has 0 bridgehead atoms. The van der Waals surface area contributed by atoms with E-state index < -0.39 is 56.9 Å². The third-order valence-corrected chi connectivity index (χ3v) is 11.8. The van der Waals surface area contributed by atoms with Crippen LogP contribution in [0.25, 0.3) is 10.9 Å². The van der Waals surface area contributed by atoms with E-state index in [9.17, 15) is 27.2 Å². The molecular weight excluding hydrogens is 667 g/mol. The van der Waals surface area contributed by atoms with E-state index in [1.807, 2.05) is 26.0 Å². The zero-order chi connectivity index (χ0) is 36.4. The molecule has 50 heavy (non-hydrogen) atoms. The molecule has 15 heteroatoms. The molecule has 0 spiro atoms. The summed E-state index contributed by atoms with van der Waals surface area (Å²) in [6.45, 7) is 4.87. The van der Waals surface area contributed by atoms with E-state index in [0.717, 1.165) is 19.3 Å². The van der Waals surface area contributed by atoms with Gasteiger partial charge in [0.05, 0.1) is 24.6 Å². The van der Waals surface area contributed by atoms with Crippen LogP contribution in [0.4, 0.5) is 10.3 Å². The normalized spacial score (nSPS) is 24.0. The highest BCUT2D eigenvalue weighted by atomic mass is 32.2. The number of nitrogens with zero attached hydrogens (tertiary/aromatic N) is 4. The number of ether oxygens (including phenoxy) is 2. The van der Waals surface area contributed by atoms with Crippen LogP contribution in [0, 0.1) is 11.8 Å². The Balaban J connectivity index is 1.42. The van der Waals surface area contributed by atoms with Crippen LogP contribution < -0.4 is 24.4 Å². The van der Waals surface area contributed by atoms with Crippen molar-refractivity contribution >= 4 is 44.6 Å². The van der Waals surface area contributed by atoms with E-state index in [1.54, 1.807) is 44.3 Å². The van der Waals surface area contributed by atoms with Gasteiger partial charge in [0.15, 0.2) is 0 Å². The van der Waals surface area contributed by atoms with Gasteiger partial charge in [-0.05, 0) is 43.7 Å². The van der Waals surface area contributed by atoms with Crippen molar-refractivity contribution in [1.29, 1.82) is 0 Å². The molecule has 3 amide bonds. The van der Waals surface area contributed by atoms with Crippen molar-refractivity contribution in [3.05, 3.63) is 30.4 Å². The lowest BCUT2D eigenvalue weighted by Gasteiger charge is -2.27. The first-order valence-corrected chi connectivity index (χ1v) is 18.8. The number of unbranched alkanes of at least 4 members (excludes halogenated alkanes) is 2. The minimum absolute atomic E-state index is 0.0169. The second-order valence-corrected chi connectivity index (χ2v) is 16.4. The molecular formula is C35H49FN6O7S. The maximum Gasteiger partial charge on any atom is 0.259 e. The molecule has 1 aliphatic heterocycles. The predicted molar refractivity (Wildman–Crippen MR) is 187 cm³/mol. The van der Waals surface area contributed by atoms with Gasteiger partial charge >= 0.3 is 0 Å². The van der Waals surface area contributed by atoms with Gasteiger partial charge in [-0.15, -0.1) is 0 Å². The molecule has 2 aromatic rings. The number of alkyl halides is 1. The van der Waals surface area contributed by atoms with Crippen LogP contribution in [0.2, 0.25) is 0 Å². The van der Waals surface area contributed by atoms with E-state index in [0.29, 0.717) is 22.6 Å². The number of carbonyl (C=O) groups excluding carboxylic acids is 3. The molecule has 4 unspecified atom stereocenters. The number of methoxy groups -OCH3 is 1. The number of halogens is 1. The number of allylic oxidation sites excluding steroid dienone is 1. The Kier molecular flexibility index (Phi) is 10.9. The lowest BCUT2D eigenvalue weighted by atomic mass is 10.1. The van der Waals surface area contributed by atoms with Crippen LogP contribution in [0.1, 0.15) is 72.1 Å². The number of fused-ring (bicyclic) bond motifs is 1. The summed E-state index contributed by atoms with van der Waals surface area (Å²) in [4.78, 5) is 53.9. The van der Waals surface area contributed by atoms with Gasteiger partial charge in [0.2, 0.25) is 33.7 Å². The molecule has 2 saturated carbocycles. The van der Waals surface area contributed by atoms with Crippen molar-refractivity contribution in [2.24, 2.45) is 11.8 Å². The van der Waals surface area contributed by atoms with Crippen LogP contribution in [0.3, 0.4) is 0 Å². The zero-order valence-corrected chi connectivity index (χ0v) is 30.5. The highest BCUT2D eigenvalue weighted by molar-refractivity contribution is 7.91. The first-order valence-electron chi connectivity index (χ1n) is 17.3. The SMILES string of the molecule is CCCCC=CC1CC1(NC(=O)C1CC(Oc2nc(N(C)C)nc3cc(OC)ccc23)CN1C(=O)CC(C)C)C(=O)NS(=O)(=O)C1(CF)CC1. The van der Waals surface area contributed by atoms with Crippen LogP contribution in [-0.2, 0) is 24.4 Å². The minimum atomic E-state index is -4.32. The third-order valence-electron chi connectivity index (χ3n) is 9.71. The summed E-state index contributed by atoms with van der Waals surface area (Å²) in [6.07, 6.45) is 6.49. The Morgan fingerprint density at radius 3 is 2.56 bits per heavy atom. The van der Waals surface area contributed by atoms with E-state index in [2.05, 4.69) is 26.9 Å². The summed E-state index contributed by atoms with van der Waals surface area (Å²) in [6, 6.07) is 4.33. The first-order chi connectivity index (χ1) is 23.7. The molecule has 1 aromatic heterocycles. The number of carbonyl (C=O) groups is 3. The monoisotopic (exact) mass is 716 g/mol. The van der Waals surface area contributed by atoms with E-state index in [-0.39, 0.29) is 56.4 Å². The standard InChI is InChI=1S/C35H49FN6O7S/c1-7-8-9-10-11-23-19-35(23,32(45)40-50(46,47)34(21-36)14-15-34)39-30(44)28-18-25(20-42(28)29(43)16-22(2)3)49-31-26-13-12-24(48-6)17-27(26)37-33(38-31)41(4)5/h10-13,17,22-23,25,28H,7-9,14-16,18-21H2,1-6H3,(H,39,44)(H,40,45). The summed E-state index contributed by atoms with van der Waals surface area (Å²) in [5.41, 5.74) is -0.971. The van der Waals surface area contributed by atoms with Gasteiger partial charge in [-0.25, -0.2) is 17.8 Å². The van der Waals surface area contributed by atoms with Gasteiger partial charge in [-0.1, -0.05) is 45.8 Å². The van der Waals surface area contributed by atoms with Crippen molar-refractivity contribution < 1.29 is 36.7 Å². The summed E-state index contributed by atoms with van der Waals surface area (Å²) in [7, 11) is 0.847. The van der Waals surface area contributed by atoms with Gasteiger partial charge in [0, 0.05) is 38.9 Å². The Morgan fingerprint density at radius 2 is 1.94 bits per heavy atom. The molecule has 5 rings (SSSR count). The molecule has 3 fully saturated rings. The second-order valence-electron chi connectivity index (χ2n) is 14.3. The lowest BCUT2D eigenvalue weighted by Crippen LogP contribution is -2.57. The molecule has 3 aliphatic rings. The van der Waals surface area contributed by atoms with Gasteiger partial charge in [0.1, 0.15) is 34.9 Å². The van der Waals surface area contributed by atoms with Crippen molar-refractivity contribution in [3.8, 4) is 11.6 Å². The number of aromatic nitrogens is 2. The number of likely N-dealkylation sites (tertiary alicyclic amines) is 1. The zero-order valence-electron chi connectivity index (χ0n) is 29.7. The van der Waals surface area contributed by atoms with E-state index in [1.165, 1.54) is 4.90 Å². The summed E-state index contributed by atoms with van der Waals surface area (Å²) < 4.78 is 52.1. The highest BCUT2D eigenvalue weighted by Gasteiger charge is 2.64. The minimum Gasteiger partial charge on any atom is -0.497 e. The molecule has 2 heterocycles. The number of benzene rings is 1. The van der Waals surface area contributed by atoms with Crippen LogP contribution in [0.5, 0.6) is 11.6 Å². The number of amides is 3. The summed E-state index contributed by atoms with van der Waals surface area (Å²) in [5, 5.41) is 3.47. The van der Waals surface area contributed by atoms with Gasteiger partial charge < -0.3 is 24.6 Å². The van der Waals surface area contributed by atoms with Crippen molar-refractivity contribution in [1.82, 2.24) is 24.9 Å². The van der Waals surface area contributed by atoms with Crippen LogP contribution >= 0.6 is 0 Å². The van der Waals surface area contributed by atoms with Crippen molar-refractivity contribution in [2.75, 3.05) is 39.3 Å². The Morgan fingerprint density at radius 1 is 1.20 bits per heavy atom. The predicted octanol–water partition coefficient (Wildman–Crippen LogP) is 3.67. The molecule has 2 aliphatic carbocycles. The smallest absolute Gasteiger partial charge is 0.259 e. The fraction of sp³-hybridized carbons (Fsp3) is 0.629. The van der Waals surface area contributed by atoms with Crippen molar-refractivity contribution in [2.45, 2.75) is 94.6 Å². The summed E-state index contributed by atoms with van der Waals surface area (Å²) in [5.74, 6) is -0.907. The molecule has 4 atom stereocenters. The summed E-state index contributed by atoms with van der Waals surface area (Å²) >= 11 is 0. The maximum atomic E-state index is 14.2. The maximum absolute atomic E-state index is 14.2. The Labute approximate surface area is 293 Å². The van der Waals surface area contributed by atoms with Gasteiger partial charge in [0.25, 0.3) is 5.91 Å². The number of hydrogen-bond acceptors (Lipinski definition) is 10. The van der Waals surface area contributed by atoms with Gasteiger partial charge in [-0.2, -0.15) is 4.98 Å². The number of anilines is 1. The third kappa shape index (κ3) is 7.66. The fourth-order valence-corrected chi connectivity index (χ4v) is 7.75. The Hall–Kier alpha value is -4.01. The highest BCUT2D eigenvalue weighted by Crippen LogP contribution is 2.48. The average Bonchev–Trinajstić information content (AvgIpc) is 3.97. The molecule has 1 saturated heterocycles. The number of hydrogen-bond donors (Lipinski definition) is 2. The Bertz CT molecular complexity index is 1750. The van der Waals surface area contributed by atoms with Crippen molar-refractivity contribution in [3.63, 3.8) is 0 Å². The average molecular weight is 717 g/mol. The quantitative estimate of drug-likeness (QED) is 0.194. The molecule has 274 valence electrons. The molecule has 2 N–H and O–H groups in total. The largest absolute Gasteiger partial charge is 0.497 e. The first kappa shape index (κ1) is 37.3. The topological polar surface area (TPSA) is 160 Å². The van der Waals surface area contributed by atoms with Crippen LogP contribution in [-0.4, -0.2) is 97.9 Å². The van der Waals surface area contributed by atoms with Crippen LogP contribution in [0.15, 0.2) is 30.4 Å². The van der Waals surface area contributed by atoms with Gasteiger partial charge in [-0.3, -0.25) is 19.1 Å². The number of rotatable bonds is 16. The second kappa shape index (κ2) is 14.7. The molecule has 1 aromatic carbocycles. The fourth-order valence-electron chi connectivity index (χ4n) is 6.32.